The van der Waals surface area contributed by atoms with Crippen LogP contribution in [0.5, 0.6) is 0 Å². The van der Waals surface area contributed by atoms with Crippen LogP contribution in [0.2, 0.25) is 0 Å². The lowest BCUT2D eigenvalue weighted by atomic mass is 10.6. The first-order chi connectivity index (χ1) is 9.25. The first-order valence-electron chi connectivity index (χ1n) is 5.96. The molecule has 1 rings (SSSR count). The van der Waals surface area contributed by atoms with Crippen LogP contribution in [0.3, 0.4) is 0 Å². The van der Waals surface area contributed by atoms with Crippen molar-refractivity contribution in [2.24, 2.45) is 4.99 Å². The molecule has 2 N–H and O–H groups in total. The summed E-state index contributed by atoms with van der Waals surface area (Å²) >= 11 is 0. The molecule has 1 aliphatic heterocycles. The van der Waals surface area contributed by atoms with Crippen LogP contribution >= 0.6 is 0 Å². The fourth-order valence-corrected chi connectivity index (χ4v) is 0.864. The number of amides is 1. The Morgan fingerprint density at radius 3 is 2.10 bits per heavy atom. The van der Waals surface area contributed by atoms with Crippen molar-refractivity contribution < 1.29 is 29.0 Å². The largest absolute Gasteiger partial charge is 0.481 e. The number of carbonyl (C=O) groups excluding carboxylic acids is 2. The molecule has 0 aliphatic carbocycles. The normalized spacial score (nSPS) is 11.0. The van der Waals surface area contributed by atoms with Crippen molar-refractivity contribution in [3.8, 4) is 0 Å². The summed E-state index contributed by atoms with van der Waals surface area (Å²) in [6, 6.07) is 0. The highest BCUT2D eigenvalue weighted by Crippen LogP contribution is 1.89. The van der Waals surface area contributed by atoms with Gasteiger partial charge in [0, 0.05) is 27.7 Å². The van der Waals surface area contributed by atoms with Crippen LogP contribution in [0.25, 0.3) is 0 Å². The first-order valence-corrected chi connectivity index (χ1v) is 5.96. The number of nitrogens with one attached hydrogen (secondary N) is 1. The lowest BCUT2D eigenvalue weighted by Gasteiger charge is -2.00. The van der Waals surface area contributed by atoms with Crippen LogP contribution in [0.4, 0.5) is 0 Å². The summed E-state index contributed by atoms with van der Waals surface area (Å²) in [5, 5.41) is 9.90. The van der Waals surface area contributed by atoms with E-state index in [0.29, 0.717) is 6.54 Å². The van der Waals surface area contributed by atoms with Crippen LogP contribution < -0.4 is 5.32 Å². The number of hydrogen-bond donors (Lipinski definition) is 2. The van der Waals surface area contributed by atoms with E-state index in [4.69, 9.17) is 14.6 Å². The summed E-state index contributed by atoms with van der Waals surface area (Å²) in [6.07, 6.45) is 0. The van der Waals surface area contributed by atoms with Crippen molar-refractivity contribution in [2.75, 3.05) is 26.3 Å². The maximum Gasteiger partial charge on any atom is 0.302 e. The Balaban J connectivity index is -0.000000251. The summed E-state index contributed by atoms with van der Waals surface area (Å²) in [5.41, 5.74) is 0. The van der Waals surface area contributed by atoms with Gasteiger partial charge in [-0.1, -0.05) is 7.43 Å². The minimum Gasteiger partial charge on any atom is -0.481 e. The number of carboxylic acids is 1. The Hall–Kier alpha value is -2.12. The topological polar surface area (TPSA) is 114 Å². The van der Waals surface area contributed by atoms with Crippen LogP contribution in [0, 0.1) is 0 Å². The minimum atomic E-state index is -0.833. The second-order valence-corrected chi connectivity index (χ2v) is 3.59. The quantitative estimate of drug-likeness (QED) is 0.590. The molecule has 21 heavy (non-hydrogen) atoms. The molecule has 1 amide bonds. The zero-order valence-corrected chi connectivity index (χ0v) is 12.3. The SMILES string of the molecule is C.CC(=O)NCCOC(C)=O.CC(=O)O.CC1=NCCO1. The van der Waals surface area contributed by atoms with Crippen LogP contribution in [0.15, 0.2) is 4.99 Å². The predicted octanol–water partition coefficient (Wildman–Crippen LogP) is 0.848. The Morgan fingerprint density at radius 1 is 1.33 bits per heavy atom. The molecule has 0 fully saturated rings. The molecule has 8 heteroatoms. The van der Waals surface area contributed by atoms with Crippen molar-refractivity contribution in [3.05, 3.63) is 0 Å². The van der Waals surface area contributed by atoms with Crippen LogP contribution in [0.1, 0.15) is 35.1 Å². The number of aliphatic imine (C=N–C) groups is 1. The summed E-state index contributed by atoms with van der Waals surface area (Å²) in [4.78, 5) is 33.3. The standard InChI is InChI=1S/C6H11NO3.C4H7NO.C2H4O2.CH4/c1-5(8)7-3-4-10-6(2)9;1-4-5-2-3-6-4;1-2(3)4;/h3-4H2,1-2H3,(H,7,8);2-3H2,1H3;1H3,(H,3,4);1H4. The summed E-state index contributed by atoms with van der Waals surface area (Å²) in [7, 11) is 0. The molecular weight excluding hydrogens is 280 g/mol. The monoisotopic (exact) mass is 306 g/mol. The molecular formula is C13H26N2O6. The smallest absolute Gasteiger partial charge is 0.302 e. The molecule has 0 radical (unpaired) electrons. The molecule has 0 aromatic carbocycles. The zero-order valence-electron chi connectivity index (χ0n) is 12.3. The molecule has 1 aliphatic rings. The predicted molar refractivity (Wildman–Crippen MR) is 79.3 cm³/mol. The van der Waals surface area contributed by atoms with Gasteiger partial charge in [0.05, 0.1) is 13.1 Å². The molecule has 0 bridgehead atoms. The zero-order chi connectivity index (χ0) is 16.0. The van der Waals surface area contributed by atoms with Gasteiger partial charge in [-0.3, -0.25) is 19.4 Å². The van der Waals surface area contributed by atoms with Gasteiger partial charge in [0.25, 0.3) is 5.97 Å². The molecule has 8 nitrogen and oxygen atoms in total. The fourth-order valence-electron chi connectivity index (χ4n) is 0.864. The number of ether oxygens (including phenoxy) is 2. The maximum absolute atomic E-state index is 10.2. The molecule has 0 saturated heterocycles. The highest BCUT2D eigenvalue weighted by Gasteiger charge is 1.96. The van der Waals surface area contributed by atoms with Crippen molar-refractivity contribution >= 4 is 23.7 Å². The van der Waals surface area contributed by atoms with Crippen molar-refractivity contribution in [1.82, 2.24) is 5.32 Å². The van der Waals surface area contributed by atoms with Gasteiger partial charge in [-0.15, -0.1) is 0 Å². The van der Waals surface area contributed by atoms with E-state index < -0.39 is 5.97 Å². The molecule has 0 atom stereocenters. The van der Waals surface area contributed by atoms with Gasteiger partial charge in [-0.25, -0.2) is 0 Å². The number of carbonyl (C=O) groups is 3. The van der Waals surface area contributed by atoms with Crippen LogP contribution in [-0.4, -0.2) is 55.2 Å². The maximum atomic E-state index is 10.2. The average molecular weight is 306 g/mol. The second-order valence-electron chi connectivity index (χ2n) is 3.59. The van der Waals surface area contributed by atoms with Crippen molar-refractivity contribution in [1.29, 1.82) is 0 Å². The van der Waals surface area contributed by atoms with E-state index in [2.05, 4.69) is 15.0 Å². The van der Waals surface area contributed by atoms with E-state index >= 15 is 0 Å². The number of hydrogen-bond acceptors (Lipinski definition) is 6. The molecule has 0 aromatic rings. The molecule has 1 heterocycles. The number of aliphatic carboxylic acids is 1. The van der Waals surface area contributed by atoms with E-state index in [1.165, 1.54) is 13.8 Å². The first kappa shape index (κ1) is 23.9. The van der Waals surface area contributed by atoms with E-state index in [0.717, 1.165) is 26.0 Å². The van der Waals surface area contributed by atoms with Gasteiger partial charge in [-0.05, 0) is 0 Å². The summed E-state index contributed by atoms with van der Waals surface area (Å²) in [6.45, 7) is 7.95. The van der Waals surface area contributed by atoms with Gasteiger partial charge < -0.3 is 19.9 Å². The Kier molecular flexibility index (Phi) is 18.2. The van der Waals surface area contributed by atoms with E-state index in [-0.39, 0.29) is 25.9 Å². The third-order valence-corrected chi connectivity index (χ3v) is 1.52. The third-order valence-electron chi connectivity index (χ3n) is 1.52. The highest BCUT2D eigenvalue weighted by molar-refractivity contribution is 5.74. The van der Waals surface area contributed by atoms with Gasteiger partial charge in [0.15, 0.2) is 5.90 Å². The van der Waals surface area contributed by atoms with E-state index in [1.807, 2.05) is 6.92 Å². The molecule has 124 valence electrons. The van der Waals surface area contributed by atoms with Crippen molar-refractivity contribution in [2.45, 2.75) is 35.1 Å². The molecule has 0 saturated carbocycles. The Labute approximate surface area is 125 Å². The minimum absolute atomic E-state index is 0. The number of esters is 1. The number of nitrogens with zero attached hydrogens (tertiary/aromatic N) is 1. The van der Waals surface area contributed by atoms with Crippen LogP contribution in [-0.2, 0) is 23.9 Å². The molecule has 0 unspecified atom stereocenters. The van der Waals surface area contributed by atoms with Gasteiger partial charge in [0.2, 0.25) is 5.91 Å². The van der Waals surface area contributed by atoms with Crippen molar-refractivity contribution in [3.63, 3.8) is 0 Å². The number of carboxylic acid groups (broad SMARTS) is 1. The van der Waals surface area contributed by atoms with E-state index in [9.17, 15) is 9.59 Å². The molecule has 0 aromatic heterocycles. The second kappa shape index (κ2) is 15.9. The average Bonchev–Trinajstić information content (AvgIpc) is 2.75. The number of rotatable bonds is 3. The van der Waals surface area contributed by atoms with Gasteiger partial charge >= 0.3 is 5.97 Å². The lowest BCUT2D eigenvalue weighted by Crippen LogP contribution is -2.24. The third kappa shape index (κ3) is 31.9. The van der Waals surface area contributed by atoms with E-state index in [1.54, 1.807) is 0 Å². The summed E-state index contributed by atoms with van der Waals surface area (Å²) < 4.78 is 9.44. The van der Waals surface area contributed by atoms with Gasteiger partial charge in [-0.2, -0.15) is 0 Å². The molecule has 0 spiro atoms. The highest BCUT2D eigenvalue weighted by atomic mass is 16.5. The summed E-state index contributed by atoms with van der Waals surface area (Å²) in [5.74, 6) is -0.451. The fraction of sp³-hybridized carbons (Fsp3) is 0.692. The Bertz CT molecular complexity index is 322. The van der Waals surface area contributed by atoms with Gasteiger partial charge in [0.1, 0.15) is 13.2 Å². The Morgan fingerprint density at radius 2 is 1.86 bits per heavy atom. The lowest BCUT2D eigenvalue weighted by molar-refractivity contribution is -0.141.